The third-order valence-corrected chi connectivity index (χ3v) is 4.61. The van der Waals surface area contributed by atoms with Gasteiger partial charge in [-0.3, -0.25) is 0 Å². The third-order valence-electron chi connectivity index (χ3n) is 4.61. The van der Waals surface area contributed by atoms with Crippen molar-refractivity contribution in [2.24, 2.45) is 0 Å². The van der Waals surface area contributed by atoms with Gasteiger partial charge in [-0.1, -0.05) is 78.6 Å². The van der Waals surface area contributed by atoms with Crippen molar-refractivity contribution < 1.29 is 0 Å². The van der Waals surface area contributed by atoms with E-state index >= 15 is 0 Å². The number of unbranched alkanes of at least 4 members (excludes halogenated alkanes) is 7. The van der Waals surface area contributed by atoms with E-state index in [0.29, 0.717) is 0 Å². The molecule has 0 aliphatic heterocycles. The molecule has 0 bridgehead atoms. The van der Waals surface area contributed by atoms with Crippen LogP contribution in [0.2, 0.25) is 0 Å². The van der Waals surface area contributed by atoms with Gasteiger partial charge < -0.3 is 0 Å². The zero-order valence-corrected chi connectivity index (χ0v) is 14.4. The molecular weight excluding hydrogens is 256 g/mol. The van der Waals surface area contributed by atoms with Crippen LogP contribution in [0.4, 0.5) is 0 Å². The molecule has 0 amide bonds. The molecule has 0 radical (unpaired) electrons. The summed E-state index contributed by atoms with van der Waals surface area (Å²) in [6.07, 6.45) is 18.2. The minimum atomic E-state index is 0.239. The summed E-state index contributed by atoms with van der Waals surface area (Å²) in [7, 11) is 0. The first kappa shape index (κ1) is 18.1. The second kappa shape index (κ2) is 10.8. The van der Waals surface area contributed by atoms with E-state index in [2.05, 4.69) is 36.8 Å². The van der Waals surface area contributed by atoms with Crippen LogP contribution in [0.3, 0.4) is 0 Å². The van der Waals surface area contributed by atoms with Gasteiger partial charge in [-0.05, 0) is 18.9 Å². The van der Waals surface area contributed by atoms with Crippen molar-refractivity contribution in [3.8, 4) is 0 Å². The van der Waals surface area contributed by atoms with E-state index < -0.39 is 0 Å². The Balaban J connectivity index is 2.52. The van der Waals surface area contributed by atoms with E-state index in [1.807, 2.05) is 6.20 Å². The van der Waals surface area contributed by atoms with Crippen LogP contribution in [0.25, 0.3) is 0 Å². The summed E-state index contributed by atoms with van der Waals surface area (Å²) in [6, 6.07) is 2.12. The van der Waals surface area contributed by atoms with Crippen molar-refractivity contribution in [3.05, 3.63) is 24.3 Å². The Bertz CT molecular complexity index is 350. The van der Waals surface area contributed by atoms with Crippen LogP contribution >= 0.6 is 0 Å². The van der Waals surface area contributed by atoms with Crippen LogP contribution in [0, 0.1) is 0 Å². The van der Waals surface area contributed by atoms with Gasteiger partial charge in [-0.25, -0.2) is 9.97 Å². The molecule has 1 rings (SSSR count). The highest BCUT2D eigenvalue weighted by atomic mass is 14.8. The molecule has 0 saturated carbocycles. The molecule has 2 heteroatoms. The highest BCUT2D eigenvalue weighted by Crippen LogP contribution is 2.34. The molecule has 0 N–H and O–H groups in total. The second-order valence-corrected chi connectivity index (χ2v) is 6.63. The van der Waals surface area contributed by atoms with Crippen LogP contribution in [-0.4, -0.2) is 9.97 Å². The molecule has 1 aromatic heterocycles. The molecule has 120 valence electrons. The summed E-state index contributed by atoms with van der Waals surface area (Å²) in [4.78, 5) is 8.63. The summed E-state index contributed by atoms with van der Waals surface area (Å²) in [6.45, 7) is 6.96. The topological polar surface area (TPSA) is 25.8 Å². The van der Waals surface area contributed by atoms with Crippen LogP contribution in [-0.2, 0) is 5.41 Å². The van der Waals surface area contributed by atoms with E-state index in [1.54, 1.807) is 6.33 Å². The van der Waals surface area contributed by atoms with Crippen LogP contribution in [0.15, 0.2) is 18.6 Å². The van der Waals surface area contributed by atoms with Gasteiger partial charge in [0.15, 0.2) is 0 Å². The molecule has 0 aliphatic rings. The quantitative estimate of drug-likeness (QED) is 0.437. The van der Waals surface area contributed by atoms with Gasteiger partial charge in [-0.15, -0.1) is 0 Å². The van der Waals surface area contributed by atoms with E-state index in [4.69, 9.17) is 0 Å². The fourth-order valence-electron chi connectivity index (χ4n) is 3.09. The fourth-order valence-corrected chi connectivity index (χ4v) is 3.09. The lowest BCUT2D eigenvalue weighted by atomic mass is 9.77. The predicted octanol–water partition coefficient (Wildman–Crippen LogP) is 6.07. The summed E-state index contributed by atoms with van der Waals surface area (Å²) >= 11 is 0. The fraction of sp³-hybridized carbons (Fsp3) is 0.789. The predicted molar refractivity (Wildman–Crippen MR) is 91.5 cm³/mol. The molecule has 0 saturated heterocycles. The van der Waals surface area contributed by atoms with Gasteiger partial charge in [0.2, 0.25) is 0 Å². The van der Waals surface area contributed by atoms with Crippen LogP contribution < -0.4 is 0 Å². The van der Waals surface area contributed by atoms with E-state index in [0.717, 1.165) is 0 Å². The molecule has 0 aromatic carbocycles. The van der Waals surface area contributed by atoms with E-state index in [1.165, 1.54) is 76.3 Å². The molecule has 0 spiro atoms. The zero-order chi connectivity index (χ0) is 15.4. The molecule has 21 heavy (non-hydrogen) atoms. The van der Waals surface area contributed by atoms with Gasteiger partial charge in [0.05, 0.1) is 0 Å². The molecular formula is C19H34N2. The Morgan fingerprint density at radius 2 is 1.43 bits per heavy atom. The van der Waals surface area contributed by atoms with E-state index in [9.17, 15) is 0 Å². The number of hydrogen-bond acceptors (Lipinski definition) is 2. The molecule has 1 aromatic rings. The van der Waals surface area contributed by atoms with Gasteiger partial charge in [0, 0.05) is 17.3 Å². The Labute approximate surface area is 131 Å². The van der Waals surface area contributed by atoms with Crippen molar-refractivity contribution in [2.75, 3.05) is 0 Å². The van der Waals surface area contributed by atoms with Crippen molar-refractivity contribution in [1.29, 1.82) is 0 Å². The highest BCUT2D eigenvalue weighted by molar-refractivity contribution is 5.13. The maximum atomic E-state index is 4.55. The molecule has 0 fully saturated rings. The van der Waals surface area contributed by atoms with Crippen molar-refractivity contribution in [3.63, 3.8) is 0 Å². The maximum absolute atomic E-state index is 4.55. The number of rotatable bonds is 12. The largest absolute Gasteiger partial charge is 0.245 e. The van der Waals surface area contributed by atoms with Crippen LogP contribution in [0.1, 0.15) is 97.1 Å². The van der Waals surface area contributed by atoms with Crippen LogP contribution in [0.5, 0.6) is 0 Å². The Hall–Kier alpha value is -0.920. The number of nitrogens with zero attached hydrogens (tertiary/aromatic N) is 2. The molecule has 1 heterocycles. The number of hydrogen-bond donors (Lipinski definition) is 0. The molecule has 2 nitrogen and oxygen atoms in total. The highest BCUT2D eigenvalue weighted by Gasteiger charge is 2.26. The first-order valence-corrected chi connectivity index (χ1v) is 8.99. The average molecular weight is 290 g/mol. The Morgan fingerprint density at radius 3 is 1.95 bits per heavy atom. The Kier molecular flexibility index (Phi) is 9.29. The van der Waals surface area contributed by atoms with Crippen molar-refractivity contribution in [2.45, 2.75) is 96.8 Å². The summed E-state index contributed by atoms with van der Waals surface area (Å²) in [5.74, 6) is 0. The van der Waals surface area contributed by atoms with Gasteiger partial charge in [-0.2, -0.15) is 0 Å². The minimum Gasteiger partial charge on any atom is -0.245 e. The zero-order valence-electron chi connectivity index (χ0n) is 14.4. The van der Waals surface area contributed by atoms with Crippen molar-refractivity contribution in [1.82, 2.24) is 9.97 Å². The standard InChI is InChI=1S/C19H34N2/c1-4-6-8-10-12-15-19(3,14-11-9-7-5-2)18-13-16-20-17-21-18/h13,16-17H,4-12,14-15H2,1-3H3. The molecule has 1 unspecified atom stereocenters. The summed E-state index contributed by atoms with van der Waals surface area (Å²) in [5.41, 5.74) is 1.48. The normalized spacial score (nSPS) is 14.0. The maximum Gasteiger partial charge on any atom is 0.115 e. The molecule has 0 aliphatic carbocycles. The number of aromatic nitrogens is 2. The summed E-state index contributed by atoms with van der Waals surface area (Å²) < 4.78 is 0. The second-order valence-electron chi connectivity index (χ2n) is 6.63. The monoisotopic (exact) mass is 290 g/mol. The lowest BCUT2D eigenvalue weighted by Gasteiger charge is -2.29. The lowest BCUT2D eigenvalue weighted by Crippen LogP contribution is -2.23. The van der Waals surface area contributed by atoms with E-state index in [-0.39, 0.29) is 5.41 Å². The smallest absolute Gasteiger partial charge is 0.115 e. The van der Waals surface area contributed by atoms with Crippen molar-refractivity contribution >= 4 is 0 Å². The minimum absolute atomic E-state index is 0.239. The average Bonchev–Trinajstić information content (AvgIpc) is 2.52. The first-order valence-electron chi connectivity index (χ1n) is 8.99. The first-order chi connectivity index (χ1) is 10.2. The Morgan fingerprint density at radius 1 is 0.857 bits per heavy atom. The van der Waals surface area contributed by atoms with Gasteiger partial charge >= 0.3 is 0 Å². The molecule has 1 atom stereocenters. The SMILES string of the molecule is CCCCCCCC(C)(CCCCCC)c1ccncn1. The van der Waals surface area contributed by atoms with Gasteiger partial charge in [0.25, 0.3) is 0 Å². The summed E-state index contributed by atoms with van der Waals surface area (Å²) in [5, 5.41) is 0. The lowest BCUT2D eigenvalue weighted by molar-refractivity contribution is 0.354. The third kappa shape index (κ3) is 7.06. The van der Waals surface area contributed by atoms with Gasteiger partial charge in [0.1, 0.15) is 6.33 Å².